The van der Waals surface area contributed by atoms with Crippen molar-refractivity contribution in [3.63, 3.8) is 0 Å². The molecule has 1 aliphatic heterocycles. The Labute approximate surface area is 148 Å². The molecule has 2 aromatic carbocycles. The monoisotopic (exact) mass is 384 g/mol. The maximum atomic E-state index is 14.1. The SMILES string of the molecule is CNC(=O)C1Cc2ccccc2CN1S(=O)(=O)c1ccc(F)c(F)c1F. The number of nitrogens with one attached hydrogen (secondary N) is 1. The van der Waals surface area contributed by atoms with Gasteiger partial charge in [-0.1, -0.05) is 24.3 Å². The normalized spacial score (nSPS) is 17.6. The minimum atomic E-state index is -4.59. The molecule has 138 valence electrons. The fraction of sp³-hybridized carbons (Fsp3) is 0.235. The van der Waals surface area contributed by atoms with Crippen LogP contribution in [0.4, 0.5) is 13.2 Å². The first-order valence-corrected chi connectivity index (χ1v) is 9.15. The fourth-order valence-electron chi connectivity index (χ4n) is 2.98. The van der Waals surface area contributed by atoms with Crippen LogP contribution in [0.2, 0.25) is 0 Å². The number of fused-ring (bicyclic) bond motifs is 1. The van der Waals surface area contributed by atoms with E-state index in [1.165, 1.54) is 7.05 Å². The van der Waals surface area contributed by atoms with Gasteiger partial charge in [0, 0.05) is 13.6 Å². The minimum absolute atomic E-state index is 0.0837. The van der Waals surface area contributed by atoms with E-state index in [4.69, 9.17) is 0 Å². The molecule has 26 heavy (non-hydrogen) atoms. The number of hydrogen-bond donors (Lipinski definition) is 1. The van der Waals surface area contributed by atoms with Crippen LogP contribution < -0.4 is 5.32 Å². The van der Waals surface area contributed by atoms with Gasteiger partial charge in [-0.15, -0.1) is 0 Å². The van der Waals surface area contributed by atoms with Crippen LogP contribution >= 0.6 is 0 Å². The van der Waals surface area contributed by atoms with Crippen LogP contribution in [-0.4, -0.2) is 31.7 Å². The van der Waals surface area contributed by atoms with E-state index < -0.39 is 44.3 Å². The van der Waals surface area contributed by atoms with Crippen LogP contribution in [-0.2, 0) is 27.8 Å². The Morgan fingerprint density at radius 3 is 2.38 bits per heavy atom. The van der Waals surface area contributed by atoms with Crippen molar-refractivity contribution < 1.29 is 26.4 Å². The smallest absolute Gasteiger partial charge is 0.247 e. The van der Waals surface area contributed by atoms with Crippen LogP contribution in [0.1, 0.15) is 11.1 Å². The van der Waals surface area contributed by atoms with Crippen LogP contribution in [0.25, 0.3) is 0 Å². The second-order valence-corrected chi connectivity index (χ2v) is 7.69. The van der Waals surface area contributed by atoms with Gasteiger partial charge in [0.25, 0.3) is 0 Å². The summed E-state index contributed by atoms with van der Waals surface area (Å²) in [6.45, 7) is -0.185. The molecule has 1 amide bonds. The maximum Gasteiger partial charge on any atom is 0.247 e. The van der Waals surface area contributed by atoms with Crippen molar-refractivity contribution in [1.29, 1.82) is 0 Å². The van der Waals surface area contributed by atoms with Gasteiger partial charge in [-0.25, -0.2) is 21.6 Å². The highest BCUT2D eigenvalue weighted by Gasteiger charge is 2.41. The number of carbonyl (C=O) groups excluding carboxylic acids is 1. The number of nitrogens with zero attached hydrogens (tertiary/aromatic N) is 1. The Bertz CT molecular complexity index is 979. The second kappa shape index (κ2) is 6.73. The van der Waals surface area contributed by atoms with Crippen LogP contribution in [0, 0.1) is 17.5 Å². The van der Waals surface area contributed by atoms with Gasteiger partial charge in [-0.2, -0.15) is 4.31 Å². The summed E-state index contributed by atoms with van der Waals surface area (Å²) in [7, 11) is -3.24. The number of likely N-dealkylation sites (N-methyl/N-ethyl adjacent to an activating group) is 1. The van der Waals surface area contributed by atoms with E-state index in [0.717, 1.165) is 9.87 Å². The maximum absolute atomic E-state index is 14.1. The number of halogens is 3. The zero-order chi connectivity index (χ0) is 19.1. The first-order valence-electron chi connectivity index (χ1n) is 7.71. The summed E-state index contributed by atoms with van der Waals surface area (Å²) in [6, 6.07) is 7.00. The highest BCUT2D eigenvalue weighted by atomic mass is 32.2. The van der Waals surface area contributed by atoms with Crippen LogP contribution in [0.3, 0.4) is 0 Å². The lowest BCUT2D eigenvalue weighted by Crippen LogP contribution is -2.51. The third-order valence-electron chi connectivity index (χ3n) is 4.34. The lowest BCUT2D eigenvalue weighted by Gasteiger charge is -2.34. The summed E-state index contributed by atoms with van der Waals surface area (Å²) < 4.78 is 67.5. The van der Waals surface area contributed by atoms with E-state index >= 15 is 0 Å². The van der Waals surface area contributed by atoms with E-state index in [1.54, 1.807) is 24.3 Å². The highest BCUT2D eigenvalue weighted by molar-refractivity contribution is 7.89. The highest BCUT2D eigenvalue weighted by Crippen LogP contribution is 2.31. The van der Waals surface area contributed by atoms with Crippen molar-refractivity contribution in [3.8, 4) is 0 Å². The Morgan fingerprint density at radius 2 is 1.73 bits per heavy atom. The molecular weight excluding hydrogens is 369 g/mol. The van der Waals surface area contributed by atoms with Crippen molar-refractivity contribution >= 4 is 15.9 Å². The Hall–Kier alpha value is -2.39. The van der Waals surface area contributed by atoms with Crippen LogP contribution in [0.5, 0.6) is 0 Å². The lowest BCUT2D eigenvalue weighted by molar-refractivity contribution is -0.124. The lowest BCUT2D eigenvalue weighted by atomic mass is 9.95. The van der Waals surface area contributed by atoms with E-state index in [1.807, 2.05) is 0 Å². The van der Waals surface area contributed by atoms with Gasteiger partial charge in [-0.3, -0.25) is 4.79 Å². The number of hydrogen-bond acceptors (Lipinski definition) is 3. The first kappa shape index (κ1) is 18.4. The quantitative estimate of drug-likeness (QED) is 0.823. The van der Waals surface area contributed by atoms with E-state index in [0.29, 0.717) is 17.7 Å². The predicted molar refractivity (Wildman–Crippen MR) is 87.0 cm³/mol. The Balaban J connectivity index is 2.13. The van der Waals surface area contributed by atoms with Crippen LogP contribution in [0.15, 0.2) is 41.3 Å². The van der Waals surface area contributed by atoms with Gasteiger partial charge in [0.05, 0.1) is 0 Å². The van der Waals surface area contributed by atoms with Gasteiger partial charge in [0.15, 0.2) is 17.5 Å². The second-order valence-electron chi connectivity index (χ2n) is 5.83. The Kier molecular flexibility index (Phi) is 4.76. The molecule has 1 atom stereocenters. The number of sulfonamides is 1. The molecule has 2 aromatic rings. The van der Waals surface area contributed by atoms with Crippen molar-refractivity contribution in [3.05, 3.63) is 65.0 Å². The largest absolute Gasteiger partial charge is 0.358 e. The predicted octanol–water partition coefficient (Wildman–Crippen LogP) is 1.97. The van der Waals surface area contributed by atoms with Gasteiger partial charge < -0.3 is 5.32 Å². The van der Waals surface area contributed by atoms with E-state index in [-0.39, 0.29) is 13.0 Å². The molecule has 1 N–H and O–H groups in total. The molecule has 0 saturated heterocycles. The molecule has 1 aliphatic rings. The van der Waals surface area contributed by atoms with E-state index in [9.17, 15) is 26.4 Å². The molecule has 0 bridgehead atoms. The Morgan fingerprint density at radius 1 is 1.08 bits per heavy atom. The van der Waals surface area contributed by atoms with Gasteiger partial charge in [0.1, 0.15) is 10.9 Å². The summed E-state index contributed by atoms with van der Waals surface area (Å²) in [6.07, 6.45) is 0.0837. The number of rotatable bonds is 3. The third-order valence-corrected chi connectivity index (χ3v) is 6.21. The van der Waals surface area contributed by atoms with Crippen molar-refractivity contribution in [2.24, 2.45) is 0 Å². The number of benzene rings is 2. The summed E-state index contributed by atoms with van der Waals surface area (Å²) in [5.74, 6) is -5.75. The number of amides is 1. The average Bonchev–Trinajstić information content (AvgIpc) is 2.64. The van der Waals surface area contributed by atoms with E-state index in [2.05, 4.69) is 5.32 Å². The minimum Gasteiger partial charge on any atom is -0.358 e. The number of carbonyl (C=O) groups is 1. The van der Waals surface area contributed by atoms with Gasteiger partial charge in [-0.05, 0) is 29.7 Å². The standard InChI is InChI=1S/C17H15F3N2O3S/c1-21-17(23)13-8-10-4-2-3-5-11(10)9-22(13)26(24,25)14-7-6-12(18)15(19)16(14)20/h2-7,13H,8-9H2,1H3,(H,21,23). The first-order chi connectivity index (χ1) is 12.3. The molecule has 0 aliphatic carbocycles. The van der Waals surface area contributed by atoms with Crippen molar-refractivity contribution in [2.45, 2.75) is 23.9 Å². The van der Waals surface area contributed by atoms with Gasteiger partial charge in [0.2, 0.25) is 15.9 Å². The summed E-state index contributed by atoms with van der Waals surface area (Å²) in [5, 5.41) is 2.38. The van der Waals surface area contributed by atoms with Gasteiger partial charge >= 0.3 is 0 Å². The summed E-state index contributed by atoms with van der Waals surface area (Å²) in [5.41, 5.74) is 1.44. The van der Waals surface area contributed by atoms with Crippen molar-refractivity contribution in [2.75, 3.05) is 7.05 Å². The molecule has 0 saturated carbocycles. The molecule has 0 aromatic heterocycles. The zero-order valence-corrected chi connectivity index (χ0v) is 14.5. The molecule has 1 heterocycles. The molecule has 3 rings (SSSR count). The molecule has 5 nitrogen and oxygen atoms in total. The van der Waals surface area contributed by atoms with Crippen molar-refractivity contribution in [1.82, 2.24) is 9.62 Å². The molecule has 9 heteroatoms. The average molecular weight is 384 g/mol. The summed E-state index contributed by atoms with van der Waals surface area (Å²) in [4.78, 5) is 11.2. The third kappa shape index (κ3) is 2.97. The molecule has 1 unspecified atom stereocenters. The zero-order valence-electron chi connectivity index (χ0n) is 13.7. The molecule has 0 fully saturated rings. The molecule has 0 spiro atoms. The molecule has 0 radical (unpaired) electrons. The fourth-order valence-corrected chi connectivity index (χ4v) is 4.60. The summed E-state index contributed by atoms with van der Waals surface area (Å²) >= 11 is 0. The molecular formula is C17H15F3N2O3S. The topological polar surface area (TPSA) is 66.5 Å².